The standard InChI is InChI=1S/C16H22N.C2H6.Y/c1-13-5-3-6-14(11-13)16-8-4-7-15(12-16)17(2)10-9-16;1-2;/h3,5-6,11-12,15H,4,7-10H2,1-2H3;1-2H3;/q-1;;/t15-,16+;;/m1../s1. The van der Waals surface area contributed by atoms with Gasteiger partial charge in [-0.3, -0.25) is 0 Å². The predicted molar refractivity (Wildman–Crippen MR) is 83.4 cm³/mol. The van der Waals surface area contributed by atoms with Gasteiger partial charge in [-0.1, -0.05) is 74.9 Å². The summed E-state index contributed by atoms with van der Waals surface area (Å²) in [7, 11) is 2.27. The van der Waals surface area contributed by atoms with Crippen LogP contribution in [0.5, 0.6) is 0 Å². The first-order valence-electron chi connectivity index (χ1n) is 7.83. The first-order chi connectivity index (χ1) is 9.20. The first-order valence-corrected chi connectivity index (χ1v) is 7.83. The predicted octanol–water partition coefficient (Wildman–Crippen LogP) is 4.35. The zero-order valence-corrected chi connectivity index (χ0v) is 16.4. The third kappa shape index (κ3) is 3.73. The molecule has 0 spiro atoms. The summed E-state index contributed by atoms with van der Waals surface area (Å²) in [6.07, 6.45) is 8.00. The number of rotatable bonds is 1. The molecule has 0 unspecified atom stereocenters. The van der Waals surface area contributed by atoms with Crippen LogP contribution < -0.4 is 0 Å². The van der Waals surface area contributed by atoms with E-state index in [-0.39, 0.29) is 32.7 Å². The van der Waals surface area contributed by atoms with E-state index in [1.165, 1.54) is 37.8 Å². The van der Waals surface area contributed by atoms with E-state index in [4.69, 9.17) is 0 Å². The van der Waals surface area contributed by atoms with Gasteiger partial charge in [0.2, 0.25) is 0 Å². The van der Waals surface area contributed by atoms with Crippen LogP contribution in [-0.4, -0.2) is 24.5 Å². The summed E-state index contributed by atoms with van der Waals surface area (Å²) in [5, 5.41) is 0. The molecule has 20 heavy (non-hydrogen) atoms. The number of aryl methyl sites for hydroxylation is 1. The quantitative estimate of drug-likeness (QED) is 0.683. The molecule has 109 valence electrons. The molecule has 1 heterocycles. The molecule has 1 saturated heterocycles. The number of likely N-dealkylation sites (tertiary alicyclic amines) is 1. The molecule has 2 aliphatic rings. The van der Waals surface area contributed by atoms with Crippen molar-refractivity contribution in [3.05, 3.63) is 41.8 Å². The van der Waals surface area contributed by atoms with Crippen LogP contribution in [-0.2, 0) is 38.1 Å². The van der Waals surface area contributed by atoms with Crippen molar-refractivity contribution in [2.45, 2.75) is 57.9 Å². The average Bonchev–Trinajstić information content (AvgIpc) is 2.46. The molecule has 1 nitrogen and oxygen atoms in total. The van der Waals surface area contributed by atoms with Crippen molar-refractivity contribution in [2.24, 2.45) is 0 Å². The maximum absolute atomic E-state index is 2.63. The molecule has 1 radical (unpaired) electrons. The van der Waals surface area contributed by atoms with Crippen LogP contribution in [0.15, 0.2) is 24.3 Å². The molecule has 0 amide bonds. The summed E-state index contributed by atoms with van der Waals surface area (Å²) in [5.41, 5.74) is 3.32. The van der Waals surface area contributed by atoms with E-state index in [9.17, 15) is 0 Å². The maximum Gasteiger partial charge on any atom is 0 e. The van der Waals surface area contributed by atoms with Gasteiger partial charge in [-0.05, 0) is 20.5 Å². The Morgan fingerprint density at radius 2 is 2.00 bits per heavy atom. The molecule has 0 aromatic heterocycles. The van der Waals surface area contributed by atoms with Crippen LogP contribution >= 0.6 is 0 Å². The molecule has 2 bridgehead atoms. The van der Waals surface area contributed by atoms with Crippen molar-refractivity contribution in [3.8, 4) is 0 Å². The van der Waals surface area contributed by atoms with E-state index in [1.54, 1.807) is 5.56 Å². The summed E-state index contributed by atoms with van der Waals surface area (Å²) in [6, 6.07) is 9.85. The Hall–Kier alpha value is 0.284. The second-order valence-corrected chi connectivity index (χ2v) is 5.88. The van der Waals surface area contributed by atoms with Crippen molar-refractivity contribution in [1.29, 1.82) is 0 Å². The number of hydrogen-bond donors (Lipinski definition) is 0. The van der Waals surface area contributed by atoms with Crippen molar-refractivity contribution in [1.82, 2.24) is 4.90 Å². The minimum atomic E-state index is 0. The van der Waals surface area contributed by atoms with Crippen molar-refractivity contribution < 1.29 is 32.7 Å². The SMILES string of the molecule is CC.Cc1cccc([C@@]23[CH-][C@@H](CCC2)N(C)CC3)c1.[Y]. The van der Waals surface area contributed by atoms with Crippen molar-refractivity contribution in [2.75, 3.05) is 13.6 Å². The summed E-state index contributed by atoms with van der Waals surface area (Å²) in [6.45, 7) is 7.45. The van der Waals surface area contributed by atoms with Gasteiger partial charge in [0.1, 0.15) is 0 Å². The molecular weight excluding hydrogens is 319 g/mol. The zero-order valence-electron chi connectivity index (χ0n) is 13.5. The Morgan fingerprint density at radius 3 is 2.70 bits per heavy atom. The van der Waals surface area contributed by atoms with E-state index in [0.29, 0.717) is 11.5 Å². The van der Waals surface area contributed by atoms with Crippen LogP contribution in [0.1, 0.15) is 50.7 Å². The molecular formula is C18H28NY-. The first kappa shape index (κ1) is 18.3. The minimum absolute atomic E-state index is 0. The molecule has 2 fully saturated rings. The van der Waals surface area contributed by atoms with Gasteiger partial charge in [-0.2, -0.15) is 0 Å². The Labute approximate surface area is 150 Å². The Morgan fingerprint density at radius 1 is 1.25 bits per heavy atom. The van der Waals surface area contributed by atoms with Gasteiger partial charge in [0.15, 0.2) is 0 Å². The van der Waals surface area contributed by atoms with Gasteiger partial charge in [-0.25, -0.2) is 0 Å². The maximum atomic E-state index is 2.63. The van der Waals surface area contributed by atoms with Crippen LogP contribution in [0.25, 0.3) is 0 Å². The topological polar surface area (TPSA) is 3.24 Å². The summed E-state index contributed by atoms with van der Waals surface area (Å²) in [5.74, 6) is 0. The Kier molecular flexibility index (Phi) is 7.39. The zero-order chi connectivity index (χ0) is 13.9. The Balaban J connectivity index is 0.000000639. The second kappa shape index (κ2) is 8.06. The largest absolute Gasteiger partial charge is 0.333 e. The third-order valence-electron chi connectivity index (χ3n) is 4.70. The van der Waals surface area contributed by atoms with Crippen LogP contribution in [0.2, 0.25) is 0 Å². The fourth-order valence-electron chi connectivity index (χ4n) is 3.60. The Bertz CT molecular complexity index is 418. The summed E-state index contributed by atoms with van der Waals surface area (Å²) < 4.78 is 0. The molecule has 1 aliphatic heterocycles. The number of nitrogens with zero attached hydrogens (tertiary/aromatic N) is 1. The number of piperidine rings is 1. The molecule has 2 atom stereocenters. The third-order valence-corrected chi connectivity index (χ3v) is 4.70. The summed E-state index contributed by atoms with van der Waals surface area (Å²) >= 11 is 0. The van der Waals surface area contributed by atoms with Gasteiger partial charge in [0.25, 0.3) is 0 Å². The number of benzene rings is 1. The number of fused-ring (bicyclic) bond motifs is 2. The van der Waals surface area contributed by atoms with E-state index in [0.717, 1.165) is 0 Å². The average molecular weight is 347 g/mol. The van der Waals surface area contributed by atoms with Crippen LogP contribution in [0.3, 0.4) is 0 Å². The summed E-state index contributed by atoms with van der Waals surface area (Å²) in [4.78, 5) is 2.52. The minimum Gasteiger partial charge on any atom is -0.333 e. The van der Waals surface area contributed by atoms with Crippen LogP contribution in [0, 0.1) is 13.3 Å². The van der Waals surface area contributed by atoms with Gasteiger partial charge in [0, 0.05) is 32.7 Å². The fraction of sp³-hybridized carbons (Fsp3) is 0.611. The molecule has 2 heteroatoms. The number of hydrogen-bond acceptors (Lipinski definition) is 1. The molecule has 1 aromatic rings. The van der Waals surface area contributed by atoms with Gasteiger partial charge in [-0.15, -0.1) is 11.5 Å². The second-order valence-electron chi connectivity index (χ2n) is 5.88. The van der Waals surface area contributed by atoms with Crippen LogP contribution in [0.4, 0.5) is 0 Å². The van der Waals surface area contributed by atoms with E-state index in [2.05, 4.69) is 49.6 Å². The molecule has 0 N–H and O–H groups in total. The molecule has 1 saturated carbocycles. The van der Waals surface area contributed by atoms with E-state index < -0.39 is 0 Å². The molecule has 1 aromatic carbocycles. The van der Waals surface area contributed by atoms with Crippen molar-refractivity contribution in [3.63, 3.8) is 0 Å². The van der Waals surface area contributed by atoms with Gasteiger partial charge >= 0.3 is 0 Å². The van der Waals surface area contributed by atoms with Gasteiger partial charge in [0.05, 0.1) is 0 Å². The normalized spacial score (nSPS) is 28.9. The smallest absolute Gasteiger partial charge is 0 e. The monoisotopic (exact) mass is 347 g/mol. The molecule has 1 aliphatic carbocycles. The molecule has 3 rings (SSSR count). The van der Waals surface area contributed by atoms with E-state index in [1.807, 2.05) is 13.8 Å². The van der Waals surface area contributed by atoms with Gasteiger partial charge < -0.3 is 11.3 Å². The van der Waals surface area contributed by atoms with E-state index >= 15 is 0 Å². The fourth-order valence-corrected chi connectivity index (χ4v) is 3.60. The van der Waals surface area contributed by atoms with Crippen molar-refractivity contribution >= 4 is 0 Å².